The number of ether oxygens (including phenoxy) is 2. The zero-order chi connectivity index (χ0) is 24.2. The van der Waals surface area contributed by atoms with Crippen molar-refractivity contribution in [1.82, 2.24) is 9.88 Å². The first-order valence-electron chi connectivity index (χ1n) is 11.3. The van der Waals surface area contributed by atoms with Crippen LogP contribution in [-0.2, 0) is 16.0 Å². The molecule has 1 fully saturated rings. The number of thiocarbonyl (C=S) groups is 1. The monoisotopic (exact) mass is 479 g/mol. The summed E-state index contributed by atoms with van der Waals surface area (Å²) < 4.78 is 10.7. The van der Waals surface area contributed by atoms with Gasteiger partial charge in [-0.2, -0.15) is 0 Å². The summed E-state index contributed by atoms with van der Waals surface area (Å²) in [4.78, 5) is 30.1. The van der Waals surface area contributed by atoms with Crippen molar-refractivity contribution in [2.45, 2.75) is 39.3 Å². The minimum Gasteiger partial charge on any atom is -0.465 e. The summed E-state index contributed by atoms with van der Waals surface area (Å²) in [5, 5.41) is 4.57. The molecule has 34 heavy (non-hydrogen) atoms. The first kappa shape index (κ1) is 23.9. The van der Waals surface area contributed by atoms with Crippen LogP contribution in [0.25, 0.3) is 10.9 Å². The molecular formula is C26H29N3O4S. The van der Waals surface area contributed by atoms with Gasteiger partial charge in [0, 0.05) is 24.2 Å². The van der Waals surface area contributed by atoms with Crippen LogP contribution >= 0.6 is 12.2 Å². The summed E-state index contributed by atoms with van der Waals surface area (Å²) in [5.74, 6) is -0.451. The number of carbonyl (C=O) groups is 1. The molecule has 0 spiro atoms. The smallest absolute Gasteiger partial charge is 0.339 e. The highest BCUT2D eigenvalue weighted by Crippen LogP contribution is 2.21. The second kappa shape index (κ2) is 10.4. The molecule has 7 nitrogen and oxygen atoms in total. The van der Waals surface area contributed by atoms with E-state index in [-0.39, 0.29) is 11.7 Å². The fourth-order valence-electron chi connectivity index (χ4n) is 4.17. The molecule has 2 aromatic carbocycles. The maximum Gasteiger partial charge on any atom is 0.339 e. The molecule has 1 unspecified atom stereocenters. The topological polar surface area (TPSA) is 83.7 Å². The number of hydrogen-bond acceptors (Lipinski definition) is 5. The van der Waals surface area contributed by atoms with Crippen LogP contribution in [-0.4, -0.2) is 47.3 Å². The number of anilines is 1. The predicted octanol–water partition coefficient (Wildman–Crippen LogP) is 4.31. The molecular weight excluding hydrogens is 450 g/mol. The lowest BCUT2D eigenvalue weighted by Crippen LogP contribution is -2.40. The third-order valence-corrected chi connectivity index (χ3v) is 6.57. The summed E-state index contributed by atoms with van der Waals surface area (Å²) in [6.45, 7) is 5.65. The van der Waals surface area contributed by atoms with Crippen LogP contribution in [0.5, 0.6) is 0 Å². The van der Waals surface area contributed by atoms with E-state index in [1.54, 1.807) is 18.2 Å². The number of H-pyrrole nitrogens is 1. The Balaban J connectivity index is 1.64. The SMILES string of the molecule is COC(=O)c1ccccc1NC(=S)N(Cc1cc2cc(C)c(C)cc2[nH]c1=O)CC1CCCO1. The zero-order valence-electron chi connectivity index (χ0n) is 19.6. The molecule has 0 radical (unpaired) electrons. The Morgan fingerprint density at radius 3 is 2.74 bits per heavy atom. The number of methoxy groups -OCH3 is 1. The van der Waals surface area contributed by atoms with Gasteiger partial charge in [0.15, 0.2) is 5.11 Å². The molecule has 1 aromatic heterocycles. The van der Waals surface area contributed by atoms with Crippen LogP contribution in [0.2, 0.25) is 0 Å². The van der Waals surface area contributed by atoms with Gasteiger partial charge in [-0.25, -0.2) is 4.79 Å². The van der Waals surface area contributed by atoms with Gasteiger partial charge in [-0.15, -0.1) is 0 Å². The second-order valence-electron chi connectivity index (χ2n) is 8.63. The normalized spacial score (nSPS) is 15.3. The fraction of sp³-hybridized carbons (Fsp3) is 0.346. The number of nitrogens with zero attached hydrogens (tertiary/aromatic N) is 1. The van der Waals surface area contributed by atoms with Crippen molar-refractivity contribution in [2.75, 3.05) is 25.6 Å². The largest absolute Gasteiger partial charge is 0.465 e. The highest BCUT2D eigenvalue weighted by Gasteiger charge is 2.23. The van der Waals surface area contributed by atoms with Crippen molar-refractivity contribution in [3.63, 3.8) is 0 Å². The second-order valence-corrected chi connectivity index (χ2v) is 9.02. The molecule has 0 bridgehead atoms. The molecule has 1 atom stereocenters. The molecule has 0 saturated carbocycles. The Bertz CT molecular complexity index is 1280. The number of rotatable bonds is 6. The van der Waals surface area contributed by atoms with Crippen LogP contribution in [0.1, 0.15) is 39.9 Å². The fourth-order valence-corrected chi connectivity index (χ4v) is 4.42. The highest BCUT2D eigenvalue weighted by molar-refractivity contribution is 7.80. The number of hydrogen-bond donors (Lipinski definition) is 2. The lowest BCUT2D eigenvalue weighted by molar-refractivity contribution is 0.0602. The van der Waals surface area contributed by atoms with Crippen LogP contribution < -0.4 is 10.9 Å². The number of carbonyl (C=O) groups excluding carboxylic acids is 1. The third kappa shape index (κ3) is 5.29. The van der Waals surface area contributed by atoms with Crippen molar-refractivity contribution < 1.29 is 14.3 Å². The summed E-state index contributed by atoms with van der Waals surface area (Å²) in [6, 6.07) is 13.0. The van der Waals surface area contributed by atoms with Gasteiger partial charge in [0.05, 0.1) is 31.0 Å². The number of pyridine rings is 1. The number of aryl methyl sites for hydroxylation is 2. The first-order chi connectivity index (χ1) is 16.4. The van der Waals surface area contributed by atoms with E-state index >= 15 is 0 Å². The van der Waals surface area contributed by atoms with Crippen LogP contribution in [0.4, 0.5) is 5.69 Å². The van der Waals surface area contributed by atoms with Gasteiger partial charge in [-0.05, 0) is 85.8 Å². The molecule has 1 aliphatic rings. The van der Waals surface area contributed by atoms with Crippen molar-refractivity contribution in [2.24, 2.45) is 0 Å². The number of benzene rings is 2. The number of nitrogens with one attached hydrogen (secondary N) is 2. The van der Waals surface area contributed by atoms with Crippen molar-refractivity contribution in [3.8, 4) is 0 Å². The van der Waals surface area contributed by atoms with Gasteiger partial charge in [-0.1, -0.05) is 12.1 Å². The Morgan fingerprint density at radius 1 is 1.24 bits per heavy atom. The molecule has 4 rings (SSSR count). The zero-order valence-corrected chi connectivity index (χ0v) is 20.5. The minimum atomic E-state index is -0.451. The maximum absolute atomic E-state index is 12.9. The summed E-state index contributed by atoms with van der Waals surface area (Å²) >= 11 is 5.75. The van der Waals surface area contributed by atoms with Gasteiger partial charge in [0.25, 0.3) is 5.56 Å². The molecule has 2 N–H and O–H groups in total. The number of para-hydroxylation sites is 1. The van der Waals surface area contributed by atoms with E-state index in [4.69, 9.17) is 21.7 Å². The molecule has 1 aliphatic heterocycles. The van der Waals surface area contributed by atoms with Gasteiger partial charge < -0.3 is 24.7 Å². The Labute approximate surface area is 204 Å². The predicted molar refractivity (Wildman–Crippen MR) is 137 cm³/mol. The molecule has 0 amide bonds. The molecule has 3 aromatic rings. The van der Waals surface area contributed by atoms with Crippen molar-refractivity contribution in [3.05, 3.63) is 75.1 Å². The Hall–Kier alpha value is -3.23. The standard InChI is InChI=1S/C26H29N3O4S/c1-16-11-18-13-19(24(30)27-23(18)12-17(16)2)14-29(15-20-7-6-10-33-20)26(34)28-22-9-5-4-8-21(22)25(31)32-3/h4-5,8-9,11-13,20H,6-7,10,14-15H2,1-3H3,(H,27,30)(H,28,34). The lowest BCUT2D eigenvalue weighted by atomic mass is 10.0. The van der Waals surface area contributed by atoms with E-state index in [1.165, 1.54) is 12.7 Å². The van der Waals surface area contributed by atoms with E-state index in [1.807, 2.05) is 30.0 Å². The van der Waals surface area contributed by atoms with Crippen LogP contribution in [0, 0.1) is 13.8 Å². The van der Waals surface area contributed by atoms with Crippen LogP contribution in [0.3, 0.4) is 0 Å². The van der Waals surface area contributed by atoms with E-state index in [9.17, 15) is 9.59 Å². The lowest BCUT2D eigenvalue weighted by Gasteiger charge is -2.28. The summed E-state index contributed by atoms with van der Waals surface area (Å²) in [7, 11) is 1.34. The Kier molecular flexibility index (Phi) is 7.29. The minimum absolute atomic E-state index is 0.0278. The highest BCUT2D eigenvalue weighted by atomic mass is 32.1. The molecule has 0 aliphatic carbocycles. The third-order valence-electron chi connectivity index (χ3n) is 6.21. The number of esters is 1. The summed E-state index contributed by atoms with van der Waals surface area (Å²) in [6.07, 6.45) is 1.96. The van der Waals surface area contributed by atoms with E-state index < -0.39 is 5.97 Å². The number of fused-ring (bicyclic) bond motifs is 1. The maximum atomic E-state index is 12.9. The summed E-state index contributed by atoms with van der Waals surface area (Å²) in [5.41, 5.74) is 4.51. The van der Waals surface area contributed by atoms with Gasteiger partial charge in [-0.3, -0.25) is 4.79 Å². The first-order valence-corrected chi connectivity index (χ1v) is 11.7. The molecule has 178 valence electrons. The van der Waals surface area contributed by atoms with E-state index in [2.05, 4.69) is 23.3 Å². The van der Waals surface area contributed by atoms with Gasteiger partial charge in [0.1, 0.15) is 0 Å². The Morgan fingerprint density at radius 2 is 2.00 bits per heavy atom. The molecule has 8 heteroatoms. The average Bonchev–Trinajstić information content (AvgIpc) is 3.33. The molecule has 2 heterocycles. The van der Waals surface area contributed by atoms with Crippen molar-refractivity contribution >= 4 is 39.9 Å². The van der Waals surface area contributed by atoms with E-state index in [0.717, 1.165) is 35.9 Å². The quantitative estimate of drug-likeness (QED) is 0.403. The number of aromatic nitrogens is 1. The van der Waals surface area contributed by atoms with Crippen molar-refractivity contribution in [1.29, 1.82) is 0 Å². The molecule has 1 saturated heterocycles. The van der Waals surface area contributed by atoms with E-state index in [0.29, 0.717) is 35.0 Å². The van der Waals surface area contributed by atoms with Gasteiger partial charge >= 0.3 is 5.97 Å². The average molecular weight is 480 g/mol. The van der Waals surface area contributed by atoms with Crippen LogP contribution in [0.15, 0.2) is 47.3 Å². The van der Waals surface area contributed by atoms with Gasteiger partial charge in [0.2, 0.25) is 0 Å². The number of aromatic amines is 1.